The number of methoxy groups -OCH3 is 1. The molecule has 2 aromatic carbocycles. The van der Waals surface area contributed by atoms with Crippen LogP contribution >= 0.6 is 23.2 Å². The predicted molar refractivity (Wildman–Crippen MR) is 135 cm³/mol. The molecule has 0 aliphatic carbocycles. The standard InChI is InChI=1S/C23H29Cl2N3O5S/c1-5-20(23(30)26-6-2)27(14-16-7-10-18(33-3)11-8-16)22(29)15-28(34(4,31)32)21-12-9-17(24)13-19(21)25/h7-13,20H,5-6,14-15H2,1-4H3,(H,26,30). The lowest BCUT2D eigenvalue weighted by Gasteiger charge is -2.33. The number of nitrogens with zero attached hydrogens (tertiary/aromatic N) is 2. The maximum absolute atomic E-state index is 13.5. The lowest BCUT2D eigenvalue weighted by Crippen LogP contribution is -2.52. The zero-order chi connectivity index (χ0) is 25.5. The molecule has 0 saturated carbocycles. The highest BCUT2D eigenvalue weighted by Gasteiger charge is 2.32. The smallest absolute Gasteiger partial charge is 0.244 e. The molecule has 186 valence electrons. The monoisotopic (exact) mass is 529 g/mol. The molecule has 1 N–H and O–H groups in total. The molecule has 1 unspecified atom stereocenters. The van der Waals surface area contributed by atoms with Gasteiger partial charge in [0.15, 0.2) is 0 Å². The largest absolute Gasteiger partial charge is 0.497 e. The van der Waals surface area contributed by atoms with Gasteiger partial charge in [0.1, 0.15) is 18.3 Å². The van der Waals surface area contributed by atoms with Crippen molar-refractivity contribution in [1.29, 1.82) is 0 Å². The molecule has 0 bridgehead atoms. The highest BCUT2D eigenvalue weighted by Crippen LogP contribution is 2.30. The zero-order valence-corrected chi connectivity index (χ0v) is 21.9. The molecule has 0 fully saturated rings. The van der Waals surface area contributed by atoms with Gasteiger partial charge in [-0.15, -0.1) is 0 Å². The molecule has 1 atom stereocenters. The Bertz CT molecular complexity index is 1110. The Morgan fingerprint density at radius 3 is 2.24 bits per heavy atom. The number of benzene rings is 2. The number of ether oxygens (including phenoxy) is 1. The maximum atomic E-state index is 13.5. The van der Waals surface area contributed by atoms with Gasteiger partial charge in [0.25, 0.3) is 0 Å². The Labute approximate surface area is 210 Å². The van der Waals surface area contributed by atoms with Crippen molar-refractivity contribution in [3.8, 4) is 5.75 Å². The van der Waals surface area contributed by atoms with Gasteiger partial charge in [-0.05, 0) is 49.2 Å². The lowest BCUT2D eigenvalue weighted by atomic mass is 10.1. The van der Waals surface area contributed by atoms with Crippen molar-refractivity contribution in [3.05, 3.63) is 58.1 Å². The molecule has 34 heavy (non-hydrogen) atoms. The summed E-state index contributed by atoms with van der Waals surface area (Å²) in [6.45, 7) is 3.54. The van der Waals surface area contributed by atoms with E-state index < -0.39 is 28.5 Å². The van der Waals surface area contributed by atoms with Crippen molar-refractivity contribution in [1.82, 2.24) is 10.2 Å². The molecular weight excluding hydrogens is 501 g/mol. The van der Waals surface area contributed by atoms with E-state index >= 15 is 0 Å². The van der Waals surface area contributed by atoms with E-state index in [1.807, 2.05) is 0 Å². The quantitative estimate of drug-likeness (QED) is 0.478. The Morgan fingerprint density at radius 2 is 1.74 bits per heavy atom. The number of carbonyl (C=O) groups excluding carboxylic acids is 2. The van der Waals surface area contributed by atoms with Gasteiger partial charge in [-0.25, -0.2) is 8.42 Å². The van der Waals surface area contributed by atoms with Gasteiger partial charge in [0.05, 0.1) is 24.1 Å². The van der Waals surface area contributed by atoms with Crippen molar-refractivity contribution < 1.29 is 22.7 Å². The molecule has 0 heterocycles. The van der Waals surface area contributed by atoms with E-state index in [4.69, 9.17) is 27.9 Å². The van der Waals surface area contributed by atoms with Crippen LogP contribution in [0.4, 0.5) is 5.69 Å². The first-order chi connectivity index (χ1) is 16.0. The minimum Gasteiger partial charge on any atom is -0.497 e. The second-order valence-electron chi connectivity index (χ2n) is 7.55. The van der Waals surface area contributed by atoms with Crippen LogP contribution in [0.3, 0.4) is 0 Å². The summed E-state index contributed by atoms with van der Waals surface area (Å²) in [5.41, 5.74) is 0.879. The maximum Gasteiger partial charge on any atom is 0.244 e. The zero-order valence-electron chi connectivity index (χ0n) is 19.5. The average molecular weight is 530 g/mol. The van der Waals surface area contributed by atoms with Crippen LogP contribution < -0.4 is 14.4 Å². The van der Waals surface area contributed by atoms with Crippen LogP contribution in [-0.4, -0.2) is 57.6 Å². The lowest BCUT2D eigenvalue weighted by molar-refractivity contribution is -0.140. The molecule has 11 heteroatoms. The molecular formula is C23H29Cl2N3O5S. The third-order valence-corrected chi connectivity index (χ3v) is 6.77. The second-order valence-corrected chi connectivity index (χ2v) is 10.3. The summed E-state index contributed by atoms with van der Waals surface area (Å²) in [7, 11) is -2.34. The molecule has 0 aliphatic heterocycles. The number of hydrogen-bond acceptors (Lipinski definition) is 5. The molecule has 2 amide bonds. The number of hydrogen-bond donors (Lipinski definition) is 1. The van der Waals surface area contributed by atoms with Crippen LogP contribution in [0.2, 0.25) is 10.0 Å². The van der Waals surface area contributed by atoms with Crippen molar-refractivity contribution in [2.45, 2.75) is 32.9 Å². The van der Waals surface area contributed by atoms with Gasteiger partial charge in [-0.1, -0.05) is 42.3 Å². The molecule has 0 radical (unpaired) electrons. The minimum absolute atomic E-state index is 0.0863. The van der Waals surface area contributed by atoms with Gasteiger partial charge in [0, 0.05) is 18.1 Å². The van der Waals surface area contributed by atoms with E-state index in [0.717, 1.165) is 16.1 Å². The summed E-state index contributed by atoms with van der Waals surface area (Å²) in [4.78, 5) is 27.7. The summed E-state index contributed by atoms with van der Waals surface area (Å²) < 4.78 is 31.3. The summed E-state index contributed by atoms with van der Waals surface area (Å²) in [5.74, 6) is -0.217. The molecule has 0 saturated heterocycles. The first kappa shape index (κ1) is 27.8. The van der Waals surface area contributed by atoms with Crippen molar-refractivity contribution >= 4 is 50.7 Å². The predicted octanol–water partition coefficient (Wildman–Crippen LogP) is 3.71. The fourth-order valence-corrected chi connectivity index (χ4v) is 4.84. The van der Waals surface area contributed by atoms with Crippen LogP contribution in [0.1, 0.15) is 25.8 Å². The molecule has 0 aromatic heterocycles. The number of likely N-dealkylation sites (N-methyl/N-ethyl adjacent to an activating group) is 1. The van der Waals surface area contributed by atoms with Gasteiger partial charge in [0.2, 0.25) is 21.8 Å². The van der Waals surface area contributed by atoms with Gasteiger partial charge < -0.3 is 15.0 Å². The molecule has 0 aliphatic rings. The normalized spacial score (nSPS) is 12.1. The van der Waals surface area contributed by atoms with Gasteiger partial charge >= 0.3 is 0 Å². The molecule has 2 rings (SSSR count). The minimum atomic E-state index is -3.89. The van der Waals surface area contributed by atoms with Crippen molar-refractivity contribution in [2.24, 2.45) is 0 Å². The topological polar surface area (TPSA) is 96.0 Å². The number of anilines is 1. The van der Waals surface area contributed by atoms with Crippen LogP contribution in [-0.2, 0) is 26.2 Å². The first-order valence-corrected chi connectivity index (χ1v) is 13.2. The van der Waals surface area contributed by atoms with Crippen LogP contribution in [0.25, 0.3) is 0 Å². The fourth-order valence-electron chi connectivity index (χ4n) is 3.42. The second kappa shape index (κ2) is 12.3. The Hall–Kier alpha value is -2.49. The van der Waals surface area contributed by atoms with E-state index in [2.05, 4.69) is 5.32 Å². The molecule has 8 nitrogen and oxygen atoms in total. The number of sulfonamides is 1. The highest BCUT2D eigenvalue weighted by atomic mass is 35.5. The fraction of sp³-hybridized carbons (Fsp3) is 0.391. The van der Waals surface area contributed by atoms with Crippen molar-refractivity contribution in [3.63, 3.8) is 0 Å². The Morgan fingerprint density at radius 1 is 1.09 bits per heavy atom. The highest BCUT2D eigenvalue weighted by molar-refractivity contribution is 7.92. The van der Waals surface area contributed by atoms with E-state index in [9.17, 15) is 18.0 Å². The van der Waals surface area contributed by atoms with E-state index in [0.29, 0.717) is 23.7 Å². The summed E-state index contributed by atoms with van der Waals surface area (Å²) in [5, 5.41) is 3.16. The number of carbonyl (C=O) groups is 2. The summed E-state index contributed by atoms with van der Waals surface area (Å²) >= 11 is 12.2. The van der Waals surface area contributed by atoms with Gasteiger partial charge in [-0.3, -0.25) is 13.9 Å². The van der Waals surface area contributed by atoms with E-state index in [-0.39, 0.29) is 23.2 Å². The molecule has 2 aromatic rings. The average Bonchev–Trinajstić information content (AvgIpc) is 2.77. The van der Waals surface area contributed by atoms with Crippen LogP contribution in [0.5, 0.6) is 5.75 Å². The summed E-state index contributed by atoms with van der Waals surface area (Å²) in [6, 6.07) is 10.6. The van der Waals surface area contributed by atoms with E-state index in [1.165, 1.54) is 23.1 Å². The number of nitrogens with one attached hydrogen (secondary N) is 1. The van der Waals surface area contributed by atoms with Crippen molar-refractivity contribution in [2.75, 3.05) is 30.8 Å². The van der Waals surface area contributed by atoms with Crippen LogP contribution in [0.15, 0.2) is 42.5 Å². The number of halogens is 2. The van der Waals surface area contributed by atoms with Crippen LogP contribution in [0, 0.1) is 0 Å². The van der Waals surface area contributed by atoms with E-state index in [1.54, 1.807) is 45.2 Å². The van der Waals surface area contributed by atoms with Gasteiger partial charge in [-0.2, -0.15) is 0 Å². The number of amides is 2. The molecule has 0 spiro atoms. The Kier molecular flexibility index (Phi) is 10.0. The SMILES string of the molecule is CCNC(=O)C(CC)N(Cc1ccc(OC)cc1)C(=O)CN(c1ccc(Cl)cc1Cl)S(C)(=O)=O. The summed E-state index contributed by atoms with van der Waals surface area (Å²) in [6.07, 6.45) is 1.33. The third kappa shape index (κ3) is 7.25. The number of rotatable bonds is 11. The Balaban J connectivity index is 2.45. The third-order valence-electron chi connectivity index (χ3n) is 5.11. The first-order valence-electron chi connectivity index (χ1n) is 10.6.